The monoisotopic (exact) mass is 296 g/mol. The molecule has 2 unspecified atom stereocenters. The Bertz CT molecular complexity index is 429. The average Bonchev–Trinajstić information content (AvgIpc) is 3.04. The van der Waals surface area contributed by atoms with Gasteiger partial charge in [0.25, 0.3) is 0 Å². The maximum absolute atomic E-state index is 12.3. The molecule has 3 rings (SSSR count). The SMILES string of the molecule is CC1NC(c2cccs2)N(CC2CCSCC2)C1=O. The molecule has 0 bridgehead atoms. The number of hydrogen-bond donors (Lipinski definition) is 1. The molecule has 1 N–H and O–H groups in total. The van der Waals surface area contributed by atoms with Crippen LogP contribution in [0.2, 0.25) is 0 Å². The number of nitrogens with one attached hydrogen (secondary N) is 1. The summed E-state index contributed by atoms with van der Waals surface area (Å²) in [5, 5.41) is 5.51. The Morgan fingerprint density at radius 1 is 1.42 bits per heavy atom. The van der Waals surface area contributed by atoms with Crippen LogP contribution in [0.15, 0.2) is 17.5 Å². The molecule has 2 fully saturated rings. The van der Waals surface area contributed by atoms with Crippen LogP contribution in [0, 0.1) is 5.92 Å². The highest BCUT2D eigenvalue weighted by molar-refractivity contribution is 7.99. The second kappa shape index (κ2) is 5.85. The molecule has 1 aromatic rings. The average molecular weight is 296 g/mol. The quantitative estimate of drug-likeness (QED) is 0.931. The molecule has 2 aliphatic heterocycles. The van der Waals surface area contributed by atoms with Crippen LogP contribution in [0.4, 0.5) is 0 Å². The standard InChI is InChI=1S/C14H20N2OS2/c1-10-14(17)16(9-11-4-7-18-8-5-11)13(15-10)12-3-2-6-19-12/h2-3,6,10-11,13,15H,4-5,7-9H2,1H3. The summed E-state index contributed by atoms with van der Waals surface area (Å²) >= 11 is 3.77. The summed E-state index contributed by atoms with van der Waals surface area (Å²) in [4.78, 5) is 15.7. The summed E-state index contributed by atoms with van der Waals surface area (Å²) in [6.45, 7) is 2.89. The van der Waals surface area contributed by atoms with E-state index in [0.717, 1.165) is 6.54 Å². The largest absolute Gasteiger partial charge is 0.320 e. The lowest BCUT2D eigenvalue weighted by molar-refractivity contribution is -0.130. The number of amides is 1. The Labute approximate surface area is 122 Å². The highest BCUT2D eigenvalue weighted by Gasteiger charge is 2.38. The lowest BCUT2D eigenvalue weighted by Crippen LogP contribution is -2.35. The molecule has 2 atom stereocenters. The first-order valence-electron chi connectivity index (χ1n) is 6.93. The smallest absolute Gasteiger partial charge is 0.241 e. The fourth-order valence-electron chi connectivity index (χ4n) is 2.86. The van der Waals surface area contributed by atoms with Gasteiger partial charge in [-0.1, -0.05) is 6.07 Å². The molecule has 2 aliphatic rings. The van der Waals surface area contributed by atoms with E-state index in [1.54, 1.807) is 11.3 Å². The highest BCUT2D eigenvalue weighted by atomic mass is 32.2. The zero-order valence-electron chi connectivity index (χ0n) is 11.2. The number of thiophene rings is 1. The van der Waals surface area contributed by atoms with E-state index >= 15 is 0 Å². The van der Waals surface area contributed by atoms with Crippen molar-refractivity contribution in [1.82, 2.24) is 10.2 Å². The number of rotatable bonds is 3. The van der Waals surface area contributed by atoms with Crippen LogP contribution in [0.1, 0.15) is 30.8 Å². The minimum absolute atomic E-state index is 0.0509. The van der Waals surface area contributed by atoms with Gasteiger partial charge in [0.2, 0.25) is 5.91 Å². The minimum Gasteiger partial charge on any atom is -0.320 e. The van der Waals surface area contributed by atoms with Gasteiger partial charge in [-0.05, 0) is 48.6 Å². The van der Waals surface area contributed by atoms with Gasteiger partial charge in [-0.3, -0.25) is 10.1 Å². The van der Waals surface area contributed by atoms with Gasteiger partial charge in [-0.25, -0.2) is 0 Å². The number of nitrogens with zero attached hydrogens (tertiary/aromatic N) is 1. The molecule has 0 radical (unpaired) electrons. The third kappa shape index (κ3) is 2.83. The van der Waals surface area contributed by atoms with E-state index in [0.29, 0.717) is 5.92 Å². The molecule has 0 aliphatic carbocycles. The Balaban J connectivity index is 1.73. The predicted molar refractivity (Wildman–Crippen MR) is 81.4 cm³/mol. The molecular formula is C14H20N2OS2. The van der Waals surface area contributed by atoms with Gasteiger partial charge in [0.05, 0.1) is 6.04 Å². The number of carbonyl (C=O) groups is 1. The van der Waals surface area contributed by atoms with Gasteiger partial charge in [0.15, 0.2) is 0 Å². The van der Waals surface area contributed by atoms with Gasteiger partial charge in [0.1, 0.15) is 6.17 Å². The van der Waals surface area contributed by atoms with Crippen molar-refractivity contribution in [2.75, 3.05) is 18.1 Å². The van der Waals surface area contributed by atoms with Crippen molar-refractivity contribution in [3.63, 3.8) is 0 Å². The molecule has 1 aromatic heterocycles. The van der Waals surface area contributed by atoms with Crippen molar-refractivity contribution in [1.29, 1.82) is 0 Å². The Kier molecular flexibility index (Phi) is 4.15. The van der Waals surface area contributed by atoms with Crippen LogP contribution in [-0.2, 0) is 4.79 Å². The van der Waals surface area contributed by atoms with E-state index in [9.17, 15) is 4.79 Å². The number of hydrogen-bond acceptors (Lipinski definition) is 4. The zero-order valence-corrected chi connectivity index (χ0v) is 12.8. The summed E-state index contributed by atoms with van der Waals surface area (Å²) in [6.07, 6.45) is 2.59. The van der Waals surface area contributed by atoms with E-state index in [1.165, 1.54) is 29.2 Å². The molecule has 19 heavy (non-hydrogen) atoms. The Morgan fingerprint density at radius 2 is 2.21 bits per heavy atom. The minimum atomic E-state index is -0.0509. The molecular weight excluding hydrogens is 276 g/mol. The van der Waals surface area contributed by atoms with Crippen LogP contribution in [0.3, 0.4) is 0 Å². The topological polar surface area (TPSA) is 32.3 Å². The van der Waals surface area contributed by atoms with Crippen LogP contribution in [0.5, 0.6) is 0 Å². The summed E-state index contributed by atoms with van der Waals surface area (Å²) < 4.78 is 0. The summed E-state index contributed by atoms with van der Waals surface area (Å²) in [5.41, 5.74) is 0. The molecule has 0 aromatic carbocycles. The first kappa shape index (κ1) is 13.5. The van der Waals surface area contributed by atoms with Crippen molar-refractivity contribution in [3.8, 4) is 0 Å². The predicted octanol–water partition coefficient (Wildman–Crippen LogP) is 2.71. The zero-order chi connectivity index (χ0) is 13.2. The highest BCUT2D eigenvalue weighted by Crippen LogP contribution is 2.32. The molecule has 0 saturated carbocycles. The second-order valence-corrected chi connectivity index (χ2v) is 7.56. The molecule has 2 saturated heterocycles. The molecule has 3 heterocycles. The number of thioether (sulfide) groups is 1. The van der Waals surface area contributed by atoms with Crippen LogP contribution in [-0.4, -0.2) is 34.9 Å². The molecule has 1 amide bonds. The maximum atomic E-state index is 12.3. The van der Waals surface area contributed by atoms with Crippen molar-refractivity contribution in [2.24, 2.45) is 5.92 Å². The third-order valence-electron chi connectivity index (χ3n) is 3.98. The first-order valence-corrected chi connectivity index (χ1v) is 8.97. The lowest BCUT2D eigenvalue weighted by atomic mass is 10.0. The van der Waals surface area contributed by atoms with Crippen LogP contribution >= 0.6 is 23.1 Å². The van der Waals surface area contributed by atoms with E-state index in [4.69, 9.17) is 0 Å². The van der Waals surface area contributed by atoms with Crippen molar-refractivity contribution >= 4 is 29.0 Å². The van der Waals surface area contributed by atoms with Crippen molar-refractivity contribution < 1.29 is 4.79 Å². The van der Waals surface area contributed by atoms with Crippen LogP contribution < -0.4 is 5.32 Å². The molecule has 0 spiro atoms. The van der Waals surface area contributed by atoms with E-state index < -0.39 is 0 Å². The van der Waals surface area contributed by atoms with Gasteiger partial charge in [0, 0.05) is 11.4 Å². The van der Waals surface area contributed by atoms with Gasteiger partial charge in [-0.2, -0.15) is 11.8 Å². The fourth-order valence-corrected chi connectivity index (χ4v) is 4.86. The third-order valence-corrected chi connectivity index (χ3v) is 5.95. The normalized spacial score (nSPS) is 29.1. The summed E-state index contributed by atoms with van der Waals surface area (Å²) in [6, 6.07) is 4.13. The first-order chi connectivity index (χ1) is 9.25. The van der Waals surface area contributed by atoms with E-state index in [2.05, 4.69) is 27.7 Å². The van der Waals surface area contributed by atoms with E-state index in [-0.39, 0.29) is 18.1 Å². The van der Waals surface area contributed by atoms with Crippen LogP contribution in [0.25, 0.3) is 0 Å². The fraction of sp³-hybridized carbons (Fsp3) is 0.643. The van der Waals surface area contributed by atoms with Gasteiger partial charge in [-0.15, -0.1) is 11.3 Å². The lowest BCUT2D eigenvalue weighted by Gasteiger charge is -2.30. The maximum Gasteiger partial charge on any atom is 0.241 e. The number of carbonyl (C=O) groups excluding carboxylic acids is 1. The summed E-state index contributed by atoms with van der Waals surface area (Å²) in [7, 11) is 0. The molecule has 3 nitrogen and oxygen atoms in total. The van der Waals surface area contributed by atoms with E-state index in [1.807, 2.05) is 18.7 Å². The van der Waals surface area contributed by atoms with Crippen molar-refractivity contribution in [3.05, 3.63) is 22.4 Å². The Morgan fingerprint density at radius 3 is 2.89 bits per heavy atom. The molecule has 5 heteroatoms. The summed E-state index contributed by atoms with van der Waals surface area (Å²) in [5.74, 6) is 3.44. The second-order valence-electron chi connectivity index (χ2n) is 5.35. The van der Waals surface area contributed by atoms with Crippen molar-refractivity contribution in [2.45, 2.75) is 32.0 Å². The van der Waals surface area contributed by atoms with Gasteiger partial charge >= 0.3 is 0 Å². The van der Waals surface area contributed by atoms with Gasteiger partial charge < -0.3 is 4.90 Å². The molecule has 104 valence electrons. The Hall–Kier alpha value is -0.520.